The van der Waals surface area contributed by atoms with Gasteiger partial charge in [-0.25, -0.2) is 0 Å². The van der Waals surface area contributed by atoms with Crippen molar-refractivity contribution >= 4 is 11.8 Å². The molecular weight excluding hydrogens is 196 g/mol. The number of methoxy groups -OCH3 is 1. The van der Waals surface area contributed by atoms with E-state index >= 15 is 0 Å². The number of rotatable bonds is 5. The van der Waals surface area contributed by atoms with Gasteiger partial charge in [-0.1, -0.05) is 0 Å². The van der Waals surface area contributed by atoms with Gasteiger partial charge in [0.2, 0.25) is 11.8 Å². The van der Waals surface area contributed by atoms with Crippen molar-refractivity contribution in [3.05, 3.63) is 0 Å². The predicted octanol–water partition coefficient (Wildman–Crippen LogP) is -0.383. The van der Waals surface area contributed by atoms with E-state index in [1.54, 1.807) is 12.0 Å². The van der Waals surface area contributed by atoms with Crippen LogP contribution in [-0.4, -0.2) is 50.1 Å². The molecule has 1 fully saturated rings. The first-order valence-electron chi connectivity index (χ1n) is 5.23. The fourth-order valence-electron chi connectivity index (χ4n) is 1.66. The topological polar surface area (TPSA) is 58.6 Å². The molecule has 1 unspecified atom stereocenters. The third kappa shape index (κ3) is 3.20. The van der Waals surface area contributed by atoms with Crippen LogP contribution in [0.25, 0.3) is 0 Å². The second-order valence-corrected chi connectivity index (χ2v) is 3.62. The molecule has 0 radical (unpaired) electrons. The third-order valence-electron chi connectivity index (χ3n) is 2.59. The number of amides is 2. The van der Waals surface area contributed by atoms with E-state index in [0.29, 0.717) is 32.7 Å². The lowest BCUT2D eigenvalue weighted by Gasteiger charge is -2.23. The lowest BCUT2D eigenvalue weighted by atomic mass is 10.1. The largest absolute Gasteiger partial charge is 0.383 e. The molecule has 1 aliphatic heterocycles. The van der Waals surface area contributed by atoms with Gasteiger partial charge in [0.05, 0.1) is 12.5 Å². The molecule has 5 nitrogen and oxygen atoms in total. The van der Waals surface area contributed by atoms with E-state index < -0.39 is 0 Å². The monoisotopic (exact) mass is 214 g/mol. The summed E-state index contributed by atoms with van der Waals surface area (Å²) in [5.74, 6) is -0.168. The highest BCUT2D eigenvalue weighted by Gasteiger charge is 2.30. The average molecular weight is 214 g/mol. The summed E-state index contributed by atoms with van der Waals surface area (Å²) in [7, 11) is 1.61. The van der Waals surface area contributed by atoms with E-state index in [2.05, 4.69) is 5.32 Å². The second-order valence-electron chi connectivity index (χ2n) is 3.62. The molecule has 0 aromatic heterocycles. The Morgan fingerprint density at radius 2 is 2.40 bits per heavy atom. The summed E-state index contributed by atoms with van der Waals surface area (Å²) in [6.07, 6.45) is 0.322. The average Bonchev–Trinajstić information content (AvgIpc) is 2.65. The zero-order chi connectivity index (χ0) is 11.3. The molecule has 86 valence electrons. The maximum atomic E-state index is 11.9. The van der Waals surface area contributed by atoms with Crippen molar-refractivity contribution in [2.45, 2.75) is 13.3 Å². The van der Waals surface area contributed by atoms with Crippen molar-refractivity contribution in [3.63, 3.8) is 0 Å². The van der Waals surface area contributed by atoms with E-state index in [0.717, 1.165) is 0 Å². The molecule has 1 saturated heterocycles. The molecule has 0 aromatic rings. The van der Waals surface area contributed by atoms with Gasteiger partial charge in [-0.3, -0.25) is 9.59 Å². The lowest BCUT2D eigenvalue weighted by Crippen LogP contribution is -2.38. The van der Waals surface area contributed by atoms with Crippen LogP contribution in [0.5, 0.6) is 0 Å². The Balaban J connectivity index is 2.45. The van der Waals surface area contributed by atoms with E-state index in [1.165, 1.54) is 0 Å². The highest BCUT2D eigenvalue weighted by Crippen LogP contribution is 2.12. The molecule has 1 atom stereocenters. The highest BCUT2D eigenvalue weighted by molar-refractivity contribution is 5.89. The summed E-state index contributed by atoms with van der Waals surface area (Å²) in [4.78, 5) is 24.6. The van der Waals surface area contributed by atoms with Crippen LogP contribution in [-0.2, 0) is 14.3 Å². The third-order valence-corrected chi connectivity index (χ3v) is 2.59. The maximum absolute atomic E-state index is 11.9. The molecule has 1 rings (SSSR count). The number of hydrogen-bond acceptors (Lipinski definition) is 3. The lowest BCUT2D eigenvalue weighted by molar-refractivity contribution is -0.136. The Hall–Kier alpha value is -1.10. The van der Waals surface area contributed by atoms with Crippen molar-refractivity contribution in [2.24, 2.45) is 5.92 Å². The fourth-order valence-corrected chi connectivity index (χ4v) is 1.66. The highest BCUT2D eigenvalue weighted by atomic mass is 16.5. The van der Waals surface area contributed by atoms with Gasteiger partial charge in [-0.15, -0.1) is 0 Å². The van der Waals surface area contributed by atoms with E-state index in [4.69, 9.17) is 4.74 Å². The summed E-state index contributed by atoms with van der Waals surface area (Å²) in [6, 6.07) is 0. The number of nitrogens with one attached hydrogen (secondary N) is 1. The van der Waals surface area contributed by atoms with Gasteiger partial charge in [0, 0.05) is 33.2 Å². The molecule has 0 saturated carbocycles. The molecule has 1 N–H and O–H groups in total. The van der Waals surface area contributed by atoms with Crippen LogP contribution in [0.15, 0.2) is 0 Å². The summed E-state index contributed by atoms with van der Waals surface area (Å²) in [5, 5.41) is 2.67. The summed E-state index contributed by atoms with van der Waals surface area (Å²) in [6.45, 7) is 4.19. The van der Waals surface area contributed by atoms with Crippen LogP contribution >= 0.6 is 0 Å². The quantitative estimate of drug-likeness (QED) is 0.678. The Morgan fingerprint density at radius 1 is 1.67 bits per heavy atom. The molecule has 0 bridgehead atoms. The van der Waals surface area contributed by atoms with Gasteiger partial charge in [-0.2, -0.15) is 0 Å². The number of nitrogens with zero attached hydrogens (tertiary/aromatic N) is 1. The number of carbonyl (C=O) groups is 2. The van der Waals surface area contributed by atoms with Crippen LogP contribution in [0.2, 0.25) is 0 Å². The normalized spacial score (nSPS) is 20.1. The van der Waals surface area contributed by atoms with Gasteiger partial charge >= 0.3 is 0 Å². The van der Waals surface area contributed by atoms with Gasteiger partial charge in [0.25, 0.3) is 0 Å². The van der Waals surface area contributed by atoms with Crippen molar-refractivity contribution in [3.8, 4) is 0 Å². The molecule has 0 aromatic carbocycles. The van der Waals surface area contributed by atoms with E-state index in [-0.39, 0.29) is 17.7 Å². The number of hydrogen-bond donors (Lipinski definition) is 1. The standard InChI is InChI=1S/C10H18N2O3/c1-3-12(4-5-15-2)10(14)8-6-9(13)11-7-8/h8H,3-7H2,1-2H3,(H,11,13). The van der Waals surface area contributed by atoms with Crippen molar-refractivity contribution < 1.29 is 14.3 Å². The molecule has 5 heteroatoms. The summed E-state index contributed by atoms with van der Waals surface area (Å²) in [5.41, 5.74) is 0. The number of carbonyl (C=O) groups excluding carboxylic acids is 2. The smallest absolute Gasteiger partial charge is 0.228 e. The Kier molecular flexibility index (Phi) is 4.55. The zero-order valence-corrected chi connectivity index (χ0v) is 9.28. The van der Waals surface area contributed by atoms with Crippen molar-refractivity contribution in [1.29, 1.82) is 0 Å². The molecule has 0 aliphatic carbocycles. The molecule has 15 heavy (non-hydrogen) atoms. The first-order chi connectivity index (χ1) is 7.19. The fraction of sp³-hybridized carbons (Fsp3) is 0.800. The van der Waals surface area contributed by atoms with Crippen molar-refractivity contribution in [1.82, 2.24) is 10.2 Å². The van der Waals surface area contributed by atoms with Crippen LogP contribution in [0.4, 0.5) is 0 Å². The zero-order valence-electron chi connectivity index (χ0n) is 9.28. The first-order valence-corrected chi connectivity index (χ1v) is 5.23. The first kappa shape index (κ1) is 12.0. The maximum Gasteiger partial charge on any atom is 0.228 e. The summed E-state index contributed by atoms with van der Waals surface area (Å²) < 4.78 is 4.93. The van der Waals surface area contributed by atoms with E-state index in [9.17, 15) is 9.59 Å². The SMILES string of the molecule is CCN(CCOC)C(=O)C1CNC(=O)C1. The van der Waals surface area contributed by atoms with Crippen LogP contribution < -0.4 is 5.32 Å². The molecule has 0 spiro atoms. The van der Waals surface area contributed by atoms with E-state index in [1.807, 2.05) is 6.92 Å². The minimum atomic E-state index is -0.186. The molecule has 1 aliphatic rings. The minimum absolute atomic E-state index is 0.0313. The van der Waals surface area contributed by atoms with Crippen LogP contribution in [0, 0.1) is 5.92 Å². The predicted molar refractivity (Wildman–Crippen MR) is 55.2 cm³/mol. The molecular formula is C10H18N2O3. The second kappa shape index (κ2) is 5.70. The Bertz CT molecular complexity index is 243. The number of likely N-dealkylation sites (N-methyl/N-ethyl adjacent to an activating group) is 1. The Morgan fingerprint density at radius 3 is 2.87 bits per heavy atom. The van der Waals surface area contributed by atoms with Gasteiger partial charge in [0.15, 0.2) is 0 Å². The number of ether oxygens (including phenoxy) is 1. The molecule has 1 heterocycles. The minimum Gasteiger partial charge on any atom is -0.383 e. The van der Waals surface area contributed by atoms with Crippen LogP contribution in [0.1, 0.15) is 13.3 Å². The van der Waals surface area contributed by atoms with Gasteiger partial charge in [-0.05, 0) is 6.92 Å². The summed E-state index contributed by atoms with van der Waals surface area (Å²) >= 11 is 0. The van der Waals surface area contributed by atoms with Crippen molar-refractivity contribution in [2.75, 3.05) is 33.4 Å². The van der Waals surface area contributed by atoms with Gasteiger partial charge < -0.3 is 15.0 Å². The van der Waals surface area contributed by atoms with Gasteiger partial charge in [0.1, 0.15) is 0 Å². The Labute approximate surface area is 89.8 Å². The van der Waals surface area contributed by atoms with Crippen LogP contribution in [0.3, 0.4) is 0 Å². The molecule has 2 amide bonds.